The first-order chi connectivity index (χ1) is 28.7. The Morgan fingerprint density at radius 3 is 1.48 bits per heavy atom. The molecule has 4 aromatic heterocycles. The SMILES string of the molecule is Cc1ccc(S(=O)(=O)NC(COc2ncc(-c3ccnc(C)n3)cc2C)(CC(C)C)C(F)(F)F)cc1.Cc1nccc(-c2cnc(OCC(N)(CC(C)C)C(F)(F)F)c(C)c2)n1. The van der Waals surface area contributed by atoms with Crippen LogP contribution in [0, 0.1) is 46.5 Å². The minimum Gasteiger partial charge on any atom is -0.475 e. The van der Waals surface area contributed by atoms with Crippen LogP contribution in [0.25, 0.3) is 22.5 Å². The molecule has 0 spiro atoms. The third-order valence-corrected chi connectivity index (χ3v) is 11.0. The van der Waals surface area contributed by atoms with E-state index in [1.165, 1.54) is 36.7 Å². The standard InChI is InChI=1S/C25H29F3N4O3S.C18H23F3N4O/c1-16(2)13-24(25(26,27)28,32-36(33,34)21-8-6-17(3)7-9-21)15-35-23-18(4)12-20(14-30-23)22-10-11-29-19(5)31-22;1-11(2)8-17(22,18(19,20)21)10-26-16-12(3)7-14(9-24-16)15-5-6-23-13(4)25-15/h6-12,14,16,32H,13,15H2,1-5H3;5-7,9,11H,8,10,22H2,1-4H3. The molecule has 5 aromatic rings. The molecule has 62 heavy (non-hydrogen) atoms. The van der Waals surface area contributed by atoms with Crippen molar-refractivity contribution in [2.45, 2.75) is 103 Å². The molecule has 2 unspecified atom stereocenters. The molecule has 0 saturated carbocycles. The van der Waals surface area contributed by atoms with Gasteiger partial charge in [-0.05, 0) is 95.7 Å². The number of nitrogens with zero attached hydrogens (tertiary/aromatic N) is 6. The number of hydrogen-bond donors (Lipinski definition) is 2. The summed E-state index contributed by atoms with van der Waals surface area (Å²) in [5.41, 5.74) is 4.86. The summed E-state index contributed by atoms with van der Waals surface area (Å²) in [4.78, 5) is 24.8. The molecule has 1 aromatic carbocycles. The van der Waals surface area contributed by atoms with Crippen LogP contribution in [0.5, 0.6) is 11.8 Å². The van der Waals surface area contributed by atoms with E-state index in [9.17, 15) is 34.8 Å². The van der Waals surface area contributed by atoms with Gasteiger partial charge in [-0.2, -0.15) is 31.1 Å². The molecule has 5 rings (SSSR count). The second kappa shape index (κ2) is 19.8. The molecule has 336 valence electrons. The van der Waals surface area contributed by atoms with Crippen molar-refractivity contribution in [2.24, 2.45) is 17.6 Å². The van der Waals surface area contributed by atoms with Crippen LogP contribution < -0.4 is 19.9 Å². The number of hydrogen-bond acceptors (Lipinski definition) is 11. The summed E-state index contributed by atoms with van der Waals surface area (Å²) in [5, 5.41) is 0. The highest BCUT2D eigenvalue weighted by atomic mass is 32.2. The van der Waals surface area contributed by atoms with Crippen molar-refractivity contribution in [3.63, 3.8) is 0 Å². The van der Waals surface area contributed by atoms with E-state index in [4.69, 9.17) is 15.2 Å². The van der Waals surface area contributed by atoms with Gasteiger partial charge in [0.2, 0.25) is 21.8 Å². The van der Waals surface area contributed by atoms with Crippen LogP contribution in [-0.2, 0) is 10.0 Å². The van der Waals surface area contributed by atoms with Crippen LogP contribution in [0.3, 0.4) is 0 Å². The van der Waals surface area contributed by atoms with Gasteiger partial charge < -0.3 is 15.2 Å². The molecule has 2 atom stereocenters. The number of sulfonamides is 1. The van der Waals surface area contributed by atoms with Crippen molar-refractivity contribution in [3.8, 4) is 34.3 Å². The zero-order valence-electron chi connectivity index (χ0n) is 36.0. The lowest BCUT2D eigenvalue weighted by atomic mass is 9.90. The Morgan fingerprint density at radius 1 is 0.645 bits per heavy atom. The monoisotopic (exact) mass is 890 g/mol. The van der Waals surface area contributed by atoms with E-state index >= 15 is 0 Å². The molecule has 0 fully saturated rings. The number of aryl methyl sites for hydroxylation is 5. The highest BCUT2D eigenvalue weighted by molar-refractivity contribution is 7.89. The number of ether oxygens (including phenoxy) is 2. The number of alkyl halides is 6. The predicted molar refractivity (Wildman–Crippen MR) is 223 cm³/mol. The summed E-state index contributed by atoms with van der Waals surface area (Å²) in [6, 6.07) is 12.5. The molecule has 19 heteroatoms. The average molecular weight is 891 g/mol. The van der Waals surface area contributed by atoms with Crippen molar-refractivity contribution in [1.29, 1.82) is 0 Å². The Hall–Kier alpha value is -5.27. The Kier molecular flexibility index (Phi) is 15.8. The molecule has 0 amide bonds. The Labute approximate surface area is 358 Å². The fourth-order valence-electron chi connectivity index (χ4n) is 6.43. The first-order valence-corrected chi connectivity index (χ1v) is 21.0. The number of halogens is 6. The van der Waals surface area contributed by atoms with Crippen molar-refractivity contribution >= 4 is 10.0 Å². The van der Waals surface area contributed by atoms with E-state index < -0.39 is 59.0 Å². The maximum atomic E-state index is 14.5. The van der Waals surface area contributed by atoms with Crippen molar-refractivity contribution in [2.75, 3.05) is 13.2 Å². The number of pyridine rings is 2. The van der Waals surface area contributed by atoms with Crippen LogP contribution in [0.15, 0.2) is 78.2 Å². The Bertz CT molecular complexity index is 2400. The minimum atomic E-state index is -4.94. The van der Waals surface area contributed by atoms with E-state index in [1.54, 1.807) is 99.0 Å². The summed E-state index contributed by atoms with van der Waals surface area (Å²) in [7, 11) is -4.51. The van der Waals surface area contributed by atoms with Crippen LogP contribution in [0.4, 0.5) is 26.3 Å². The van der Waals surface area contributed by atoms with Gasteiger partial charge in [0.1, 0.15) is 30.4 Å². The van der Waals surface area contributed by atoms with E-state index in [-0.39, 0.29) is 29.0 Å². The number of aromatic nitrogens is 6. The fourth-order valence-corrected chi connectivity index (χ4v) is 7.82. The third kappa shape index (κ3) is 12.9. The number of nitrogens with one attached hydrogen (secondary N) is 1. The molecule has 0 radical (unpaired) electrons. The number of nitrogens with two attached hydrogens (primary N) is 1. The quantitative estimate of drug-likeness (QED) is 0.0963. The smallest absolute Gasteiger partial charge is 0.410 e. The first kappa shape index (κ1) is 49.4. The highest BCUT2D eigenvalue weighted by Gasteiger charge is 2.58. The van der Waals surface area contributed by atoms with Gasteiger partial charge in [-0.1, -0.05) is 45.4 Å². The summed E-state index contributed by atoms with van der Waals surface area (Å²) in [6.45, 7) is 13.5. The molecule has 0 saturated heterocycles. The molecule has 0 bridgehead atoms. The number of rotatable bonds is 15. The summed E-state index contributed by atoms with van der Waals surface area (Å²) >= 11 is 0. The molecule has 12 nitrogen and oxygen atoms in total. The van der Waals surface area contributed by atoms with Gasteiger partial charge in [0, 0.05) is 47.0 Å². The maximum Gasteiger partial charge on any atom is 0.410 e. The third-order valence-electron chi connectivity index (χ3n) is 9.42. The Morgan fingerprint density at radius 2 is 1.10 bits per heavy atom. The molecular formula is C43H52F6N8O4S. The van der Waals surface area contributed by atoms with Gasteiger partial charge in [0.05, 0.1) is 16.3 Å². The number of benzene rings is 1. The van der Waals surface area contributed by atoms with E-state index in [1.807, 2.05) is 4.72 Å². The molecule has 3 N–H and O–H groups in total. The van der Waals surface area contributed by atoms with Crippen molar-refractivity contribution in [1.82, 2.24) is 34.6 Å². The lowest BCUT2D eigenvalue weighted by Crippen LogP contribution is -2.62. The summed E-state index contributed by atoms with van der Waals surface area (Å²) in [6.07, 6.45) is -4.08. The minimum absolute atomic E-state index is 0.0311. The maximum absolute atomic E-state index is 14.5. The molecule has 4 heterocycles. The van der Waals surface area contributed by atoms with Gasteiger partial charge in [-0.15, -0.1) is 0 Å². The predicted octanol–water partition coefficient (Wildman–Crippen LogP) is 9.01. The van der Waals surface area contributed by atoms with Gasteiger partial charge in [0.25, 0.3) is 0 Å². The second-order valence-corrected chi connectivity index (χ2v) is 17.8. The van der Waals surface area contributed by atoms with Crippen LogP contribution in [-0.4, -0.2) is 75.0 Å². The van der Waals surface area contributed by atoms with Crippen molar-refractivity contribution < 1.29 is 44.2 Å². The first-order valence-electron chi connectivity index (χ1n) is 19.6. The van der Waals surface area contributed by atoms with Crippen molar-refractivity contribution in [3.05, 3.63) is 102 Å². The Balaban J connectivity index is 0.000000287. The van der Waals surface area contributed by atoms with Crippen LogP contribution in [0.2, 0.25) is 0 Å². The summed E-state index contributed by atoms with van der Waals surface area (Å²) in [5.74, 6) is 0.567. The zero-order valence-corrected chi connectivity index (χ0v) is 36.8. The lowest BCUT2D eigenvalue weighted by molar-refractivity contribution is -0.203. The van der Waals surface area contributed by atoms with E-state index in [0.717, 1.165) is 11.1 Å². The second-order valence-electron chi connectivity index (χ2n) is 16.1. The lowest BCUT2D eigenvalue weighted by Gasteiger charge is -2.37. The zero-order chi connectivity index (χ0) is 46.3. The van der Waals surface area contributed by atoms with Gasteiger partial charge >= 0.3 is 12.4 Å². The average Bonchev–Trinajstić information content (AvgIpc) is 3.16. The highest BCUT2D eigenvalue weighted by Crippen LogP contribution is 2.38. The molecule has 0 aliphatic rings. The normalized spacial score (nSPS) is 14.2. The fraction of sp³-hybridized carbons (Fsp3) is 0.442. The van der Waals surface area contributed by atoms with Crippen LogP contribution in [0.1, 0.15) is 68.9 Å². The largest absolute Gasteiger partial charge is 0.475 e. The van der Waals surface area contributed by atoms with E-state index in [0.29, 0.717) is 39.7 Å². The summed E-state index contributed by atoms with van der Waals surface area (Å²) < 4.78 is 122. The van der Waals surface area contributed by atoms with Gasteiger partial charge in [-0.25, -0.2) is 38.3 Å². The van der Waals surface area contributed by atoms with Gasteiger partial charge in [-0.3, -0.25) is 0 Å². The topological polar surface area (TPSA) is 168 Å². The molecule has 0 aliphatic heterocycles. The molecule has 0 aliphatic carbocycles. The molecular weight excluding hydrogens is 839 g/mol. The van der Waals surface area contributed by atoms with E-state index in [2.05, 4.69) is 29.9 Å². The van der Waals surface area contributed by atoms with Crippen LogP contribution >= 0.6 is 0 Å². The van der Waals surface area contributed by atoms with Gasteiger partial charge in [0.15, 0.2) is 5.54 Å².